The fourth-order valence-corrected chi connectivity index (χ4v) is 2.50. The second-order valence-electron chi connectivity index (χ2n) is 4.73. The molecule has 1 aromatic rings. The summed E-state index contributed by atoms with van der Waals surface area (Å²) < 4.78 is 24.3. The van der Waals surface area contributed by atoms with Gasteiger partial charge in [0.25, 0.3) is 0 Å². The highest BCUT2D eigenvalue weighted by molar-refractivity contribution is 5.31. The Morgan fingerprint density at radius 2 is 2.33 bits per heavy atom. The molecule has 0 radical (unpaired) electrons. The van der Waals surface area contributed by atoms with Crippen molar-refractivity contribution < 1.29 is 19.0 Å². The zero-order valence-electron chi connectivity index (χ0n) is 10.7. The SMILES string of the molecule is COc1cccc(CC(O)C2CCOC2C)c1F. The normalized spacial score (nSPS) is 25.1. The lowest BCUT2D eigenvalue weighted by Crippen LogP contribution is -2.28. The summed E-state index contributed by atoms with van der Waals surface area (Å²) in [7, 11) is 1.44. The number of hydrogen-bond acceptors (Lipinski definition) is 3. The monoisotopic (exact) mass is 254 g/mol. The van der Waals surface area contributed by atoms with Crippen LogP contribution in [0.1, 0.15) is 18.9 Å². The smallest absolute Gasteiger partial charge is 0.168 e. The van der Waals surface area contributed by atoms with Crippen LogP contribution >= 0.6 is 0 Å². The van der Waals surface area contributed by atoms with Gasteiger partial charge in [0.15, 0.2) is 11.6 Å². The predicted octanol–water partition coefficient (Wildman–Crippen LogP) is 2.16. The maximum Gasteiger partial charge on any atom is 0.168 e. The fraction of sp³-hybridized carbons (Fsp3) is 0.571. The molecule has 1 N–H and O–H groups in total. The molecule has 0 bridgehead atoms. The highest BCUT2D eigenvalue weighted by Crippen LogP contribution is 2.28. The van der Waals surface area contributed by atoms with Crippen molar-refractivity contribution in [2.45, 2.75) is 32.0 Å². The Morgan fingerprint density at radius 1 is 1.56 bits per heavy atom. The highest BCUT2D eigenvalue weighted by atomic mass is 19.1. The molecule has 0 spiro atoms. The summed E-state index contributed by atoms with van der Waals surface area (Å²) in [5.74, 6) is -0.0864. The number of aliphatic hydroxyl groups is 1. The van der Waals surface area contributed by atoms with Crippen LogP contribution in [0.3, 0.4) is 0 Å². The predicted molar refractivity (Wildman–Crippen MR) is 66.2 cm³/mol. The van der Waals surface area contributed by atoms with Gasteiger partial charge in [-0.1, -0.05) is 12.1 Å². The van der Waals surface area contributed by atoms with Gasteiger partial charge in [0, 0.05) is 18.9 Å². The first kappa shape index (κ1) is 13.3. The molecule has 3 nitrogen and oxygen atoms in total. The lowest BCUT2D eigenvalue weighted by molar-refractivity contribution is 0.0436. The van der Waals surface area contributed by atoms with Gasteiger partial charge in [-0.15, -0.1) is 0 Å². The van der Waals surface area contributed by atoms with Gasteiger partial charge in [-0.2, -0.15) is 0 Å². The zero-order valence-corrected chi connectivity index (χ0v) is 10.7. The molecular weight excluding hydrogens is 235 g/mol. The van der Waals surface area contributed by atoms with Gasteiger partial charge in [0.1, 0.15) is 0 Å². The van der Waals surface area contributed by atoms with Gasteiger partial charge < -0.3 is 14.6 Å². The van der Waals surface area contributed by atoms with Crippen molar-refractivity contribution in [1.29, 1.82) is 0 Å². The van der Waals surface area contributed by atoms with Crippen LogP contribution in [0.2, 0.25) is 0 Å². The van der Waals surface area contributed by atoms with Crippen LogP contribution in [0.25, 0.3) is 0 Å². The van der Waals surface area contributed by atoms with Gasteiger partial charge >= 0.3 is 0 Å². The molecule has 0 aromatic heterocycles. The molecule has 1 aliphatic rings. The molecule has 18 heavy (non-hydrogen) atoms. The topological polar surface area (TPSA) is 38.7 Å². The Labute approximate surface area is 107 Å². The first-order chi connectivity index (χ1) is 8.63. The average molecular weight is 254 g/mol. The summed E-state index contributed by atoms with van der Waals surface area (Å²) in [6, 6.07) is 4.99. The van der Waals surface area contributed by atoms with Crippen molar-refractivity contribution in [3.05, 3.63) is 29.6 Å². The number of halogens is 1. The third-order valence-corrected chi connectivity index (χ3v) is 3.62. The lowest BCUT2D eigenvalue weighted by Gasteiger charge is -2.21. The largest absolute Gasteiger partial charge is 0.494 e. The number of aliphatic hydroxyl groups excluding tert-OH is 1. The molecule has 1 aromatic carbocycles. The molecule has 2 rings (SSSR count). The van der Waals surface area contributed by atoms with E-state index in [0.717, 1.165) is 6.42 Å². The van der Waals surface area contributed by atoms with Crippen LogP contribution in [-0.4, -0.2) is 31.0 Å². The van der Waals surface area contributed by atoms with E-state index in [0.29, 0.717) is 18.6 Å². The second-order valence-corrected chi connectivity index (χ2v) is 4.73. The van der Waals surface area contributed by atoms with E-state index in [1.807, 2.05) is 6.92 Å². The molecule has 3 unspecified atom stereocenters. The van der Waals surface area contributed by atoms with E-state index in [1.54, 1.807) is 18.2 Å². The molecule has 0 saturated carbocycles. The number of rotatable bonds is 4. The standard InChI is InChI=1S/C14H19FO3/c1-9-11(6-7-18-9)12(16)8-10-4-3-5-13(17-2)14(10)15/h3-5,9,11-12,16H,6-8H2,1-2H3. The first-order valence-electron chi connectivity index (χ1n) is 6.24. The van der Waals surface area contributed by atoms with Crippen molar-refractivity contribution in [2.75, 3.05) is 13.7 Å². The van der Waals surface area contributed by atoms with Crippen molar-refractivity contribution in [3.8, 4) is 5.75 Å². The van der Waals surface area contributed by atoms with Crippen molar-refractivity contribution in [1.82, 2.24) is 0 Å². The minimum Gasteiger partial charge on any atom is -0.494 e. The summed E-state index contributed by atoms with van der Waals surface area (Å²) in [6.45, 7) is 2.62. The van der Waals surface area contributed by atoms with Crippen LogP contribution in [0.5, 0.6) is 5.75 Å². The second kappa shape index (κ2) is 5.67. The minimum absolute atomic E-state index is 0.0358. The molecule has 0 amide bonds. The Morgan fingerprint density at radius 3 is 2.94 bits per heavy atom. The molecular formula is C14H19FO3. The minimum atomic E-state index is -0.580. The fourth-order valence-electron chi connectivity index (χ4n) is 2.50. The maximum absolute atomic E-state index is 13.9. The molecule has 1 aliphatic heterocycles. The van der Waals surface area contributed by atoms with Gasteiger partial charge in [-0.3, -0.25) is 0 Å². The summed E-state index contributed by atoms with van der Waals surface area (Å²) in [6.07, 6.45) is 0.577. The van der Waals surface area contributed by atoms with Crippen LogP contribution in [0.4, 0.5) is 4.39 Å². The molecule has 1 fully saturated rings. The summed E-state index contributed by atoms with van der Waals surface area (Å²) in [5, 5.41) is 10.2. The lowest BCUT2D eigenvalue weighted by atomic mass is 9.91. The van der Waals surface area contributed by atoms with Crippen LogP contribution in [0, 0.1) is 11.7 Å². The summed E-state index contributed by atoms with van der Waals surface area (Å²) in [4.78, 5) is 0. The molecule has 4 heteroatoms. The summed E-state index contributed by atoms with van der Waals surface area (Å²) >= 11 is 0. The number of benzene rings is 1. The number of hydrogen-bond donors (Lipinski definition) is 1. The molecule has 1 heterocycles. The van der Waals surface area contributed by atoms with Crippen LogP contribution in [0.15, 0.2) is 18.2 Å². The Balaban J connectivity index is 2.09. The van der Waals surface area contributed by atoms with Crippen LogP contribution in [-0.2, 0) is 11.2 Å². The van der Waals surface area contributed by atoms with E-state index in [1.165, 1.54) is 7.11 Å². The van der Waals surface area contributed by atoms with Gasteiger partial charge in [-0.25, -0.2) is 4.39 Å². The Kier molecular flexibility index (Phi) is 4.19. The van der Waals surface area contributed by atoms with Gasteiger partial charge in [0.05, 0.1) is 19.3 Å². The van der Waals surface area contributed by atoms with Crippen LogP contribution < -0.4 is 4.74 Å². The Bertz CT molecular complexity index is 408. The van der Waals surface area contributed by atoms with Gasteiger partial charge in [0.2, 0.25) is 0 Å². The van der Waals surface area contributed by atoms with E-state index in [-0.39, 0.29) is 23.6 Å². The van der Waals surface area contributed by atoms with E-state index >= 15 is 0 Å². The Hall–Kier alpha value is -1.13. The first-order valence-corrected chi connectivity index (χ1v) is 6.24. The van der Waals surface area contributed by atoms with E-state index in [9.17, 15) is 9.50 Å². The van der Waals surface area contributed by atoms with Crippen molar-refractivity contribution in [2.24, 2.45) is 5.92 Å². The van der Waals surface area contributed by atoms with E-state index < -0.39 is 6.10 Å². The third-order valence-electron chi connectivity index (χ3n) is 3.62. The average Bonchev–Trinajstić information content (AvgIpc) is 2.78. The maximum atomic E-state index is 13.9. The van der Waals surface area contributed by atoms with Crippen molar-refractivity contribution >= 4 is 0 Å². The molecule has 1 saturated heterocycles. The number of methoxy groups -OCH3 is 1. The van der Waals surface area contributed by atoms with Crippen molar-refractivity contribution in [3.63, 3.8) is 0 Å². The summed E-state index contributed by atoms with van der Waals surface area (Å²) in [5.41, 5.74) is 0.487. The number of ether oxygens (including phenoxy) is 2. The zero-order chi connectivity index (χ0) is 13.1. The molecule has 100 valence electrons. The highest BCUT2D eigenvalue weighted by Gasteiger charge is 2.31. The van der Waals surface area contributed by atoms with Gasteiger partial charge in [-0.05, 0) is 25.0 Å². The van der Waals surface area contributed by atoms with E-state index in [4.69, 9.17) is 9.47 Å². The molecule has 3 atom stereocenters. The molecule has 0 aliphatic carbocycles. The third kappa shape index (κ3) is 2.65. The quantitative estimate of drug-likeness (QED) is 0.895. The van der Waals surface area contributed by atoms with E-state index in [2.05, 4.69) is 0 Å².